The molecule has 0 aromatic rings. The van der Waals surface area contributed by atoms with Gasteiger partial charge in [-0.3, -0.25) is 0 Å². The molecule has 0 saturated carbocycles. The first-order valence-corrected chi connectivity index (χ1v) is 14.1. The molecule has 4 rings (SSSR count). The number of ether oxygens (including phenoxy) is 5. The van der Waals surface area contributed by atoms with Gasteiger partial charge in [-0.25, -0.2) is 0 Å². The van der Waals surface area contributed by atoms with E-state index in [4.69, 9.17) is 23.7 Å². The van der Waals surface area contributed by atoms with E-state index in [-0.39, 0.29) is 5.57 Å². The maximum absolute atomic E-state index is 10.9. The summed E-state index contributed by atoms with van der Waals surface area (Å²) in [5.41, 5.74) is 0.0225. The summed E-state index contributed by atoms with van der Waals surface area (Å²) < 4.78 is 27.4. The number of hydrogen-bond acceptors (Lipinski definition) is 19. The van der Waals surface area contributed by atoms with Gasteiger partial charge < -0.3 is 95.4 Å². The van der Waals surface area contributed by atoms with E-state index < -0.39 is 136 Å². The van der Waals surface area contributed by atoms with Crippen molar-refractivity contribution < 1.29 is 90.1 Å². The third-order valence-corrected chi connectivity index (χ3v) is 8.48. The van der Waals surface area contributed by atoms with Crippen LogP contribution in [0.3, 0.4) is 0 Å². The molecule has 0 aromatic carbocycles. The molecule has 0 spiro atoms. The summed E-state index contributed by atoms with van der Waals surface area (Å²) in [5, 5.41) is 136. The van der Waals surface area contributed by atoms with Crippen molar-refractivity contribution in [2.24, 2.45) is 0 Å². The van der Waals surface area contributed by atoms with Crippen molar-refractivity contribution in [2.45, 2.75) is 123 Å². The van der Waals surface area contributed by atoms with E-state index >= 15 is 0 Å². The van der Waals surface area contributed by atoms with Gasteiger partial charge >= 0.3 is 0 Å². The van der Waals surface area contributed by atoms with Crippen LogP contribution in [-0.2, 0) is 23.7 Å². The molecule has 19 nitrogen and oxygen atoms in total. The highest BCUT2D eigenvalue weighted by atomic mass is 16.7. The molecule has 0 bridgehead atoms. The topological polar surface area (TPSA) is 321 Å². The first kappa shape index (κ1) is 35.8. The number of hydrogen-bond donors (Lipinski definition) is 14. The monoisotopic (exact) mass is 645 g/mol. The maximum Gasteiger partial charge on any atom is 0.187 e. The lowest BCUT2D eigenvalue weighted by molar-refractivity contribution is -0.373. The highest BCUT2D eigenvalue weighted by molar-refractivity contribution is 5.22. The third-order valence-electron chi connectivity index (χ3n) is 8.48. The zero-order chi connectivity index (χ0) is 32.6. The highest BCUT2D eigenvalue weighted by Gasteiger charge is 2.53. The summed E-state index contributed by atoms with van der Waals surface area (Å²) in [4.78, 5) is 0. The number of nitrogens with one attached hydrogen (secondary N) is 1. The predicted octanol–water partition coefficient (Wildman–Crippen LogP) is -8.56. The van der Waals surface area contributed by atoms with Crippen molar-refractivity contribution in [3.63, 3.8) is 0 Å². The molecule has 0 amide bonds. The van der Waals surface area contributed by atoms with Crippen LogP contribution in [0.15, 0.2) is 11.6 Å². The number of aliphatic hydroxyl groups is 13. The summed E-state index contributed by atoms with van der Waals surface area (Å²) in [6.45, 7) is -0.753. The van der Waals surface area contributed by atoms with E-state index in [1.165, 1.54) is 13.0 Å². The summed E-state index contributed by atoms with van der Waals surface area (Å²) in [6, 6.07) is -2.17. The van der Waals surface area contributed by atoms with Crippen LogP contribution in [0, 0.1) is 0 Å². The number of rotatable bonds is 9. The SMILES string of the molecule is C[C@H]1O[C@@H](O[C@H]2[C@@H](O)[C@@H](O)[C@@H](O[C@H]3[C@H](O)[C@@H](O)[C@@H](O)O[C@@H]3CO)O[C@@H]2CO)[C@H](O)[C@@H](O)[C@@H]1N[C@H]1C=C(CO)[C@@H](O)[C@H](O)[C@H]1O. The summed E-state index contributed by atoms with van der Waals surface area (Å²) in [7, 11) is 0. The zero-order valence-electron chi connectivity index (χ0n) is 23.5. The summed E-state index contributed by atoms with van der Waals surface area (Å²) in [5.74, 6) is 0. The molecule has 256 valence electrons. The Morgan fingerprint density at radius 3 is 1.73 bits per heavy atom. The van der Waals surface area contributed by atoms with Gasteiger partial charge in [0.25, 0.3) is 0 Å². The summed E-state index contributed by atoms with van der Waals surface area (Å²) >= 11 is 0. The Morgan fingerprint density at radius 2 is 1.16 bits per heavy atom. The molecule has 4 aliphatic rings. The number of aliphatic hydroxyl groups excluding tert-OH is 13. The molecule has 19 atom stereocenters. The molecule has 14 N–H and O–H groups in total. The molecule has 3 fully saturated rings. The Bertz CT molecular complexity index is 958. The van der Waals surface area contributed by atoms with Crippen LogP contribution in [0.1, 0.15) is 6.92 Å². The molecular weight excluding hydrogens is 602 g/mol. The fraction of sp³-hybridized carbons (Fsp3) is 0.920. The minimum absolute atomic E-state index is 0.0225. The first-order chi connectivity index (χ1) is 20.7. The molecule has 0 aromatic heterocycles. The molecule has 19 heteroatoms. The highest BCUT2D eigenvalue weighted by Crippen LogP contribution is 2.32. The van der Waals surface area contributed by atoms with E-state index in [9.17, 15) is 66.4 Å². The average Bonchev–Trinajstić information content (AvgIpc) is 3.00. The van der Waals surface area contributed by atoms with Gasteiger partial charge in [0.2, 0.25) is 0 Å². The standard InChI is InChI=1S/C25H43NO18/c1-6-11(26-8-2-7(3-27)12(30)15(33)13(8)31)14(32)19(37)24(40-6)43-22-10(5-29)42-25(20(38)17(22)35)44-21-9(4-28)41-23(39)18(36)16(21)34/h2,6,8-39H,3-5H2,1H3/t6-,8+,9-,10-,11-,12-,13+,14+,15+,16-,17+,18-,19-,20-,21-,22-,23+,24+,25-/m1/s1. The fourth-order valence-electron chi connectivity index (χ4n) is 5.81. The van der Waals surface area contributed by atoms with Crippen molar-refractivity contribution in [1.29, 1.82) is 0 Å². The largest absolute Gasteiger partial charge is 0.394 e. The third kappa shape index (κ3) is 6.96. The normalized spacial score (nSPS) is 52.0. The van der Waals surface area contributed by atoms with Crippen LogP contribution < -0.4 is 5.32 Å². The van der Waals surface area contributed by atoms with Gasteiger partial charge in [0, 0.05) is 0 Å². The molecule has 3 heterocycles. The Labute approximate surface area is 250 Å². The van der Waals surface area contributed by atoms with Crippen LogP contribution >= 0.6 is 0 Å². The Morgan fingerprint density at radius 1 is 0.636 bits per heavy atom. The second-order valence-corrected chi connectivity index (χ2v) is 11.4. The van der Waals surface area contributed by atoms with Crippen molar-refractivity contribution in [1.82, 2.24) is 5.32 Å². The van der Waals surface area contributed by atoms with Gasteiger partial charge in [-0.1, -0.05) is 6.08 Å². The van der Waals surface area contributed by atoms with E-state index in [0.29, 0.717) is 0 Å². The molecule has 44 heavy (non-hydrogen) atoms. The van der Waals surface area contributed by atoms with Gasteiger partial charge in [-0.15, -0.1) is 0 Å². The Kier molecular flexibility index (Phi) is 12.1. The van der Waals surface area contributed by atoms with Crippen LogP contribution in [-0.4, -0.2) is 203 Å². The quantitative estimate of drug-likeness (QED) is 0.103. The van der Waals surface area contributed by atoms with Gasteiger partial charge in [0.1, 0.15) is 79.4 Å². The van der Waals surface area contributed by atoms with Crippen LogP contribution in [0.25, 0.3) is 0 Å². The molecule has 1 aliphatic carbocycles. The first-order valence-electron chi connectivity index (χ1n) is 14.1. The zero-order valence-corrected chi connectivity index (χ0v) is 23.5. The van der Waals surface area contributed by atoms with Crippen molar-refractivity contribution >= 4 is 0 Å². The molecule has 0 unspecified atom stereocenters. The van der Waals surface area contributed by atoms with E-state index in [2.05, 4.69) is 5.32 Å². The van der Waals surface area contributed by atoms with Gasteiger partial charge in [-0.05, 0) is 12.5 Å². The molecule has 3 saturated heterocycles. The minimum atomic E-state index is -1.93. The smallest absolute Gasteiger partial charge is 0.187 e. The van der Waals surface area contributed by atoms with E-state index in [1.54, 1.807) is 0 Å². The Hall–Kier alpha value is -1.02. The Balaban J connectivity index is 1.42. The predicted molar refractivity (Wildman–Crippen MR) is 138 cm³/mol. The van der Waals surface area contributed by atoms with Crippen LogP contribution in [0.5, 0.6) is 0 Å². The second-order valence-electron chi connectivity index (χ2n) is 11.4. The van der Waals surface area contributed by atoms with Crippen molar-refractivity contribution in [2.75, 3.05) is 19.8 Å². The maximum atomic E-state index is 10.9. The lowest BCUT2D eigenvalue weighted by Crippen LogP contribution is -2.68. The molecule has 3 aliphatic heterocycles. The molecule has 0 radical (unpaired) electrons. The van der Waals surface area contributed by atoms with Crippen LogP contribution in [0.2, 0.25) is 0 Å². The molecular formula is C25H43NO18. The average molecular weight is 646 g/mol. The van der Waals surface area contributed by atoms with Crippen molar-refractivity contribution in [3.8, 4) is 0 Å². The van der Waals surface area contributed by atoms with Gasteiger partial charge in [0.15, 0.2) is 18.9 Å². The van der Waals surface area contributed by atoms with Crippen molar-refractivity contribution in [3.05, 3.63) is 11.6 Å². The lowest BCUT2D eigenvalue weighted by Gasteiger charge is -2.48. The minimum Gasteiger partial charge on any atom is -0.394 e. The lowest BCUT2D eigenvalue weighted by atomic mass is 9.86. The fourth-order valence-corrected chi connectivity index (χ4v) is 5.81. The van der Waals surface area contributed by atoms with Gasteiger partial charge in [0.05, 0.1) is 38.0 Å². The van der Waals surface area contributed by atoms with E-state index in [0.717, 1.165) is 0 Å². The van der Waals surface area contributed by atoms with E-state index in [1.807, 2.05) is 0 Å². The summed E-state index contributed by atoms with van der Waals surface area (Å²) in [6.07, 6.45) is -26.6. The second kappa shape index (κ2) is 14.8. The van der Waals surface area contributed by atoms with Gasteiger partial charge in [-0.2, -0.15) is 0 Å². The van der Waals surface area contributed by atoms with Crippen LogP contribution in [0.4, 0.5) is 0 Å².